The van der Waals surface area contributed by atoms with E-state index in [0.29, 0.717) is 13.1 Å². The Kier molecular flexibility index (Phi) is 3.81. The molecule has 0 fully saturated rings. The first-order valence-corrected chi connectivity index (χ1v) is 7.03. The van der Waals surface area contributed by atoms with Crippen molar-refractivity contribution in [1.82, 2.24) is 20.3 Å². The molecule has 0 atom stereocenters. The molecule has 0 spiro atoms. The van der Waals surface area contributed by atoms with Gasteiger partial charge in [-0.25, -0.2) is 4.68 Å². The second kappa shape index (κ2) is 5.90. The highest BCUT2D eigenvalue weighted by molar-refractivity contribution is 5.91. The Morgan fingerprint density at radius 1 is 1.38 bits per heavy atom. The lowest BCUT2D eigenvalue weighted by Gasteiger charge is -2.15. The number of fused-ring (bicyclic) bond motifs is 1. The van der Waals surface area contributed by atoms with Crippen LogP contribution in [-0.4, -0.2) is 27.4 Å². The SMILES string of the molecule is O=C(NCCn1nc2c(cc1=O)CCCC2)c1ccno1. The molecule has 0 saturated carbocycles. The minimum absolute atomic E-state index is 0.121. The van der Waals surface area contributed by atoms with Crippen molar-refractivity contribution in [3.63, 3.8) is 0 Å². The molecule has 0 unspecified atom stereocenters. The van der Waals surface area contributed by atoms with Crippen molar-refractivity contribution >= 4 is 5.91 Å². The van der Waals surface area contributed by atoms with Crippen LogP contribution in [-0.2, 0) is 19.4 Å². The number of aryl methyl sites for hydroxylation is 2. The van der Waals surface area contributed by atoms with E-state index in [9.17, 15) is 9.59 Å². The lowest BCUT2D eigenvalue weighted by molar-refractivity contribution is 0.0915. The molecule has 2 aromatic heterocycles. The standard InChI is InChI=1S/C14H16N4O3/c19-13-9-10-3-1-2-4-11(10)17-18(13)8-7-15-14(20)12-5-6-16-21-12/h5-6,9H,1-4,7-8H2,(H,15,20). The summed E-state index contributed by atoms with van der Waals surface area (Å²) in [7, 11) is 0. The van der Waals surface area contributed by atoms with Crippen LogP contribution in [0.1, 0.15) is 34.7 Å². The van der Waals surface area contributed by atoms with Crippen LogP contribution >= 0.6 is 0 Å². The van der Waals surface area contributed by atoms with E-state index >= 15 is 0 Å². The summed E-state index contributed by atoms with van der Waals surface area (Å²) in [5.74, 6) is -0.195. The van der Waals surface area contributed by atoms with Crippen LogP contribution in [0.5, 0.6) is 0 Å². The third-order valence-corrected chi connectivity index (χ3v) is 3.54. The van der Waals surface area contributed by atoms with E-state index in [-0.39, 0.29) is 17.2 Å². The predicted octanol–water partition coefficient (Wildman–Crippen LogP) is 0.540. The third kappa shape index (κ3) is 3.01. The average molecular weight is 288 g/mol. The number of hydrogen-bond donors (Lipinski definition) is 1. The van der Waals surface area contributed by atoms with Gasteiger partial charge in [-0.1, -0.05) is 5.16 Å². The molecule has 0 radical (unpaired) electrons. The smallest absolute Gasteiger partial charge is 0.289 e. The summed E-state index contributed by atoms with van der Waals surface area (Å²) in [6, 6.07) is 3.15. The summed E-state index contributed by atoms with van der Waals surface area (Å²) >= 11 is 0. The van der Waals surface area contributed by atoms with Crippen LogP contribution in [0.3, 0.4) is 0 Å². The molecule has 110 valence electrons. The van der Waals surface area contributed by atoms with E-state index in [1.165, 1.54) is 16.9 Å². The maximum atomic E-state index is 12.0. The monoisotopic (exact) mass is 288 g/mol. The van der Waals surface area contributed by atoms with Gasteiger partial charge in [-0.15, -0.1) is 0 Å². The first-order chi connectivity index (χ1) is 10.2. The Labute approximate surface area is 120 Å². The van der Waals surface area contributed by atoms with Crippen LogP contribution in [0.2, 0.25) is 0 Å². The second-order valence-electron chi connectivity index (χ2n) is 5.02. The van der Waals surface area contributed by atoms with Gasteiger partial charge in [0, 0.05) is 18.7 Å². The normalized spacial score (nSPS) is 13.7. The number of rotatable bonds is 4. The summed E-state index contributed by atoms with van der Waals surface area (Å²) in [6.07, 6.45) is 5.48. The first-order valence-electron chi connectivity index (χ1n) is 7.03. The molecule has 0 aromatic carbocycles. The molecule has 1 N–H and O–H groups in total. The molecule has 0 saturated heterocycles. The van der Waals surface area contributed by atoms with Gasteiger partial charge in [0.1, 0.15) is 0 Å². The molecule has 7 nitrogen and oxygen atoms in total. The Morgan fingerprint density at radius 2 is 2.24 bits per heavy atom. The number of hydrogen-bond acceptors (Lipinski definition) is 5. The Morgan fingerprint density at radius 3 is 3.05 bits per heavy atom. The van der Waals surface area contributed by atoms with Crippen molar-refractivity contribution in [3.8, 4) is 0 Å². The fraction of sp³-hybridized carbons (Fsp3) is 0.429. The van der Waals surface area contributed by atoms with E-state index in [2.05, 4.69) is 15.6 Å². The minimum Gasteiger partial charge on any atom is -0.351 e. The zero-order chi connectivity index (χ0) is 14.7. The van der Waals surface area contributed by atoms with Gasteiger partial charge in [0.15, 0.2) is 0 Å². The summed E-state index contributed by atoms with van der Waals surface area (Å²) in [6.45, 7) is 0.650. The van der Waals surface area contributed by atoms with Gasteiger partial charge in [0.05, 0.1) is 18.4 Å². The minimum atomic E-state index is -0.349. The van der Waals surface area contributed by atoms with E-state index in [4.69, 9.17) is 4.52 Å². The molecule has 0 bridgehead atoms. The highest BCUT2D eigenvalue weighted by Gasteiger charge is 2.13. The lowest BCUT2D eigenvalue weighted by Crippen LogP contribution is -2.33. The van der Waals surface area contributed by atoms with Gasteiger partial charge in [-0.3, -0.25) is 9.59 Å². The molecule has 1 aliphatic carbocycles. The first kappa shape index (κ1) is 13.5. The topological polar surface area (TPSA) is 90.0 Å². The number of nitrogens with zero attached hydrogens (tertiary/aromatic N) is 3. The lowest BCUT2D eigenvalue weighted by atomic mass is 9.97. The van der Waals surface area contributed by atoms with Crippen LogP contribution in [0.15, 0.2) is 27.6 Å². The van der Waals surface area contributed by atoms with Crippen LogP contribution in [0.25, 0.3) is 0 Å². The molecular formula is C14H16N4O3. The molecule has 1 amide bonds. The maximum Gasteiger partial charge on any atom is 0.289 e. The fourth-order valence-electron chi connectivity index (χ4n) is 2.46. The van der Waals surface area contributed by atoms with Crippen LogP contribution < -0.4 is 10.9 Å². The molecule has 21 heavy (non-hydrogen) atoms. The zero-order valence-corrected chi connectivity index (χ0v) is 11.5. The van der Waals surface area contributed by atoms with Gasteiger partial charge in [0.25, 0.3) is 11.5 Å². The van der Waals surface area contributed by atoms with Crippen molar-refractivity contribution in [2.45, 2.75) is 32.2 Å². The molecule has 7 heteroatoms. The van der Waals surface area contributed by atoms with Crippen molar-refractivity contribution in [2.75, 3.05) is 6.54 Å². The molecule has 1 aliphatic rings. The number of nitrogens with one attached hydrogen (secondary N) is 1. The van der Waals surface area contributed by atoms with E-state index in [1.54, 1.807) is 6.07 Å². The molecular weight excluding hydrogens is 272 g/mol. The summed E-state index contributed by atoms with van der Waals surface area (Å²) < 4.78 is 6.16. The molecule has 2 heterocycles. The Hall–Kier alpha value is -2.44. The van der Waals surface area contributed by atoms with E-state index in [1.807, 2.05) is 0 Å². The number of amides is 1. The number of carbonyl (C=O) groups is 1. The summed E-state index contributed by atoms with van der Waals surface area (Å²) in [5, 5.41) is 10.5. The summed E-state index contributed by atoms with van der Waals surface area (Å²) in [5.41, 5.74) is 1.94. The van der Waals surface area contributed by atoms with Gasteiger partial charge < -0.3 is 9.84 Å². The van der Waals surface area contributed by atoms with Gasteiger partial charge in [-0.05, 0) is 31.2 Å². The van der Waals surface area contributed by atoms with Crippen molar-refractivity contribution in [3.05, 3.63) is 45.7 Å². The fourth-order valence-corrected chi connectivity index (χ4v) is 2.46. The average Bonchev–Trinajstić information content (AvgIpc) is 3.02. The van der Waals surface area contributed by atoms with Gasteiger partial charge in [0.2, 0.25) is 5.76 Å². The molecule has 2 aromatic rings. The molecule has 3 rings (SSSR count). The van der Waals surface area contributed by atoms with Gasteiger partial charge in [-0.2, -0.15) is 5.10 Å². The Bertz CT molecular complexity index is 691. The zero-order valence-electron chi connectivity index (χ0n) is 11.5. The summed E-state index contributed by atoms with van der Waals surface area (Å²) in [4.78, 5) is 23.6. The number of aromatic nitrogens is 3. The van der Waals surface area contributed by atoms with Crippen LogP contribution in [0.4, 0.5) is 0 Å². The van der Waals surface area contributed by atoms with Crippen molar-refractivity contribution in [1.29, 1.82) is 0 Å². The van der Waals surface area contributed by atoms with Crippen LogP contribution in [0, 0.1) is 0 Å². The van der Waals surface area contributed by atoms with Crippen molar-refractivity contribution in [2.24, 2.45) is 0 Å². The number of carbonyl (C=O) groups excluding carboxylic acids is 1. The highest BCUT2D eigenvalue weighted by Crippen LogP contribution is 2.16. The van der Waals surface area contributed by atoms with Gasteiger partial charge >= 0.3 is 0 Å². The maximum absolute atomic E-state index is 12.0. The largest absolute Gasteiger partial charge is 0.351 e. The second-order valence-corrected chi connectivity index (χ2v) is 5.02. The van der Waals surface area contributed by atoms with E-state index in [0.717, 1.165) is 36.9 Å². The van der Waals surface area contributed by atoms with Crippen molar-refractivity contribution < 1.29 is 9.32 Å². The molecule has 0 aliphatic heterocycles. The predicted molar refractivity (Wildman–Crippen MR) is 74.0 cm³/mol. The highest BCUT2D eigenvalue weighted by atomic mass is 16.5. The third-order valence-electron chi connectivity index (χ3n) is 3.54. The quantitative estimate of drug-likeness (QED) is 0.886. The Balaban J connectivity index is 1.63. The van der Waals surface area contributed by atoms with E-state index < -0.39 is 0 Å².